The molecule has 4 rings (SSSR count). The molecule has 2 heterocycles. The topological polar surface area (TPSA) is 88.8 Å². The first-order chi connectivity index (χ1) is 14.1. The number of carbonyl (C=O) groups is 1. The van der Waals surface area contributed by atoms with Gasteiger partial charge in [0.15, 0.2) is 17.1 Å². The van der Waals surface area contributed by atoms with E-state index in [4.69, 9.17) is 17.3 Å². The summed E-state index contributed by atoms with van der Waals surface area (Å²) < 4.78 is 24.3. The zero-order valence-corrected chi connectivity index (χ0v) is 17.4. The van der Waals surface area contributed by atoms with Crippen LogP contribution in [0.15, 0.2) is 41.3 Å². The third-order valence-electron chi connectivity index (χ3n) is 5.31. The number of nitrogens with zero attached hydrogens (tertiary/aromatic N) is 1. The third-order valence-corrected chi connectivity index (χ3v) is 5.60. The van der Waals surface area contributed by atoms with Crippen LogP contribution < -0.4 is 11.2 Å². The zero-order valence-electron chi connectivity index (χ0n) is 16.6. The Morgan fingerprint density at radius 3 is 2.60 bits per heavy atom. The van der Waals surface area contributed by atoms with Crippen LogP contribution in [0, 0.1) is 17.0 Å². The van der Waals surface area contributed by atoms with E-state index in [1.165, 1.54) is 18.3 Å². The normalized spacial score (nSPS) is 17.4. The molecule has 0 aliphatic heterocycles. The second-order valence-electron chi connectivity index (χ2n) is 8.17. The molecule has 1 fully saturated rings. The van der Waals surface area contributed by atoms with Gasteiger partial charge in [0.25, 0.3) is 5.91 Å². The largest absolute Gasteiger partial charge is 0.364 e. The summed E-state index contributed by atoms with van der Waals surface area (Å²) in [7, 11) is 0. The Kier molecular flexibility index (Phi) is 6.22. The summed E-state index contributed by atoms with van der Waals surface area (Å²) in [5.41, 5.74) is 7.02. The fourth-order valence-electron chi connectivity index (χ4n) is 3.81. The molecule has 0 radical (unpaired) electrons. The quantitative estimate of drug-likeness (QED) is 0.561. The number of aromatic nitrogens is 2. The Hall–Kier alpha value is -2.80. The number of aromatic amines is 1. The maximum Gasteiger partial charge on any atom is 0.268 e. The van der Waals surface area contributed by atoms with Gasteiger partial charge >= 0.3 is 0 Å². The summed E-state index contributed by atoms with van der Waals surface area (Å²) >= 11 is 5.20. The van der Waals surface area contributed by atoms with Gasteiger partial charge in [-0.3, -0.25) is 14.6 Å². The van der Waals surface area contributed by atoms with Crippen molar-refractivity contribution >= 4 is 28.4 Å². The fourth-order valence-corrected chi connectivity index (χ4v) is 3.97. The summed E-state index contributed by atoms with van der Waals surface area (Å²) in [6.45, 7) is 4.50. The van der Waals surface area contributed by atoms with Crippen LogP contribution in [-0.2, 0) is 0 Å². The van der Waals surface area contributed by atoms with Crippen LogP contribution in [0.4, 0.5) is 8.78 Å². The minimum atomic E-state index is -0.987. The molecule has 1 amide bonds. The van der Waals surface area contributed by atoms with Gasteiger partial charge in [0, 0.05) is 18.0 Å². The van der Waals surface area contributed by atoms with E-state index >= 15 is 0 Å². The maximum atomic E-state index is 12.4. The molecule has 1 atom stereocenters. The van der Waals surface area contributed by atoms with Gasteiger partial charge in [-0.1, -0.05) is 31.5 Å². The minimum Gasteiger partial charge on any atom is -0.364 e. The third kappa shape index (κ3) is 4.67. The molecular formula is C22H22ClF2N3O2. The van der Waals surface area contributed by atoms with Gasteiger partial charge in [-0.05, 0) is 48.8 Å². The lowest BCUT2D eigenvalue weighted by atomic mass is 9.89. The van der Waals surface area contributed by atoms with E-state index in [2.05, 4.69) is 23.8 Å². The van der Waals surface area contributed by atoms with Gasteiger partial charge in [-0.2, -0.15) is 0 Å². The SMILES string of the molecule is CC1(C)CC[C@H](c2cc(=O)c3c(C(N)=O)nccc3[nH]2)C1.Fc1cccc(Cl)c1F. The Labute approximate surface area is 177 Å². The van der Waals surface area contributed by atoms with Crippen molar-refractivity contribution in [1.82, 2.24) is 9.97 Å². The van der Waals surface area contributed by atoms with Crippen LogP contribution in [0.3, 0.4) is 0 Å². The Morgan fingerprint density at radius 2 is 2.03 bits per heavy atom. The first-order valence-corrected chi connectivity index (χ1v) is 9.88. The first-order valence-electron chi connectivity index (χ1n) is 9.50. The number of nitrogens with one attached hydrogen (secondary N) is 1. The molecule has 0 saturated heterocycles. The molecule has 3 N–H and O–H groups in total. The van der Waals surface area contributed by atoms with Crippen LogP contribution >= 0.6 is 11.6 Å². The molecule has 2 aromatic heterocycles. The van der Waals surface area contributed by atoms with Crippen LogP contribution in [0.5, 0.6) is 0 Å². The second kappa shape index (κ2) is 8.52. The number of primary amides is 1. The number of fused-ring (bicyclic) bond motifs is 1. The lowest BCUT2D eigenvalue weighted by Gasteiger charge is -2.17. The number of halogens is 3. The van der Waals surface area contributed by atoms with E-state index in [0.717, 1.165) is 31.0 Å². The van der Waals surface area contributed by atoms with Crippen molar-refractivity contribution in [2.75, 3.05) is 0 Å². The molecule has 30 heavy (non-hydrogen) atoms. The van der Waals surface area contributed by atoms with Gasteiger partial charge < -0.3 is 10.7 Å². The van der Waals surface area contributed by atoms with Gasteiger partial charge in [0.1, 0.15) is 5.69 Å². The van der Waals surface area contributed by atoms with Gasteiger partial charge in [-0.15, -0.1) is 0 Å². The lowest BCUT2D eigenvalue weighted by molar-refractivity contribution is 0.0997. The van der Waals surface area contributed by atoms with Crippen LogP contribution in [0.2, 0.25) is 5.02 Å². The molecule has 0 spiro atoms. The molecule has 0 unspecified atom stereocenters. The van der Waals surface area contributed by atoms with Crippen molar-refractivity contribution < 1.29 is 13.6 Å². The number of rotatable bonds is 2. The Morgan fingerprint density at radius 1 is 1.30 bits per heavy atom. The average Bonchev–Trinajstić information content (AvgIpc) is 3.05. The smallest absolute Gasteiger partial charge is 0.268 e. The van der Waals surface area contributed by atoms with Crippen molar-refractivity contribution in [3.8, 4) is 0 Å². The van der Waals surface area contributed by atoms with E-state index < -0.39 is 17.5 Å². The molecule has 8 heteroatoms. The molecule has 3 aromatic rings. The van der Waals surface area contributed by atoms with Gasteiger partial charge in [0.05, 0.1) is 15.9 Å². The number of nitrogens with two attached hydrogens (primary N) is 1. The Balaban J connectivity index is 0.000000239. The van der Waals surface area contributed by atoms with Crippen molar-refractivity contribution in [2.45, 2.75) is 39.0 Å². The average molecular weight is 434 g/mol. The highest BCUT2D eigenvalue weighted by molar-refractivity contribution is 6.30. The standard InChI is InChI=1S/C16H19N3O2.C6H3ClF2/c1-16(2)5-3-9(8-16)11-7-12(20)13-10(19-11)4-6-18-14(13)15(17)21;7-4-2-1-3-5(8)6(4)9/h4,6-7,9H,3,5,8H2,1-2H3,(H2,17,21)(H,19,20);1-3H/t9-;/m0./s1. The number of hydrogen-bond donors (Lipinski definition) is 2. The van der Waals surface area contributed by atoms with Gasteiger partial charge in [0.2, 0.25) is 0 Å². The van der Waals surface area contributed by atoms with Crippen LogP contribution in [-0.4, -0.2) is 15.9 Å². The highest BCUT2D eigenvalue weighted by Gasteiger charge is 2.32. The summed E-state index contributed by atoms with van der Waals surface area (Å²) in [4.78, 5) is 31.0. The Bertz CT molecular complexity index is 1140. The predicted octanol–water partition coefficient (Wildman–Crippen LogP) is 4.93. The number of carbonyl (C=O) groups excluding carboxylic acids is 1. The van der Waals surface area contributed by atoms with Crippen molar-refractivity contribution in [1.29, 1.82) is 0 Å². The number of pyridine rings is 2. The lowest BCUT2D eigenvalue weighted by Crippen LogP contribution is -2.18. The predicted molar refractivity (Wildman–Crippen MR) is 113 cm³/mol. The van der Waals surface area contributed by atoms with E-state index in [0.29, 0.717) is 16.8 Å². The van der Waals surface area contributed by atoms with Crippen molar-refractivity contribution in [2.24, 2.45) is 11.1 Å². The first kappa shape index (κ1) is 21.9. The highest BCUT2D eigenvalue weighted by Crippen LogP contribution is 2.45. The summed E-state index contributed by atoms with van der Waals surface area (Å²) in [6, 6.07) is 6.97. The molecule has 1 saturated carbocycles. The number of H-pyrrole nitrogens is 1. The molecule has 1 aromatic carbocycles. The van der Waals surface area contributed by atoms with Crippen LogP contribution in [0.25, 0.3) is 10.9 Å². The molecule has 1 aliphatic carbocycles. The van der Waals surface area contributed by atoms with Gasteiger partial charge in [-0.25, -0.2) is 8.78 Å². The fraction of sp³-hybridized carbons (Fsp3) is 0.318. The number of hydrogen-bond acceptors (Lipinski definition) is 3. The monoisotopic (exact) mass is 433 g/mol. The molecule has 158 valence electrons. The van der Waals surface area contributed by atoms with E-state index in [9.17, 15) is 18.4 Å². The molecule has 5 nitrogen and oxygen atoms in total. The maximum absolute atomic E-state index is 12.4. The van der Waals surface area contributed by atoms with E-state index in [-0.39, 0.29) is 21.5 Å². The van der Waals surface area contributed by atoms with Crippen molar-refractivity contribution in [3.05, 3.63) is 74.8 Å². The van der Waals surface area contributed by atoms with Crippen LogP contribution in [0.1, 0.15) is 55.2 Å². The van der Waals surface area contributed by atoms with Crippen molar-refractivity contribution in [3.63, 3.8) is 0 Å². The van der Waals surface area contributed by atoms with E-state index in [1.807, 2.05) is 0 Å². The van der Waals surface area contributed by atoms with E-state index in [1.54, 1.807) is 12.1 Å². The minimum absolute atomic E-state index is 0.0343. The zero-order chi connectivity index (χ0) is 22.1. The molecule has 1 aliphatic rings. The molecular weight excluding hydrogens is 412 g/mol. The summed E-state index contributed by atoms with van der Waals surface area (Å²) in [6.07, 6.45) is 4.78. The molecule has 0 bridgehead atoms. The number of amides is 1. The summed E-state index contributed by atoms with van der Waals surface area (Å²) in [5, 5.41) is 0.0982. The number of benzene rings is 1. The summed E-state index contributed by atoms with van der Waals surface area (Å²) in [5.74, 6) is -2.22. The second-order valence-corrected chi connectivity index (χ2v) is 8.58. The highest BCUT2D eigenvalue weighted by atomic mass is 35.5.